The molecule has 0 bridgehead atoms. The Morgan fingerprint density at radius 2 is 1.75 bits per heavy atom. The summed E-state index contributed by atoms with van der Waals surface area (Å²) in [5.74, 6) is -0.0617. The first-order chi connectivity index (χ1) is 9.75. The summed E-state index contributed by atoms with van der Waals surface area (Å²) in [5, 5.41) is 2.84. The predicted molar refractivity (Wildman–Crippen MR) is 79.6 cm³/mol. The zero-order valence-corrected chi connectivity index (χ0v) is 11.6. The van der Waals surface area contributed by atoms with Gasteiger partial charge in [-0.2, -0.15) is 0 Å². The van der Waals surface area contributed by atoms with Gasteiger partial charge in [0.15, 0.2) is 0 Å². The van der Waals surface area contributed by atoms with E-state index in [1.54, 1.807) is 0 Å². The third-order valence-corrected chi connectivity index (χ3v) is 2.96. The lowest BCUT2D eigenvalue weighted by Crippen LogP contribution is -2.27. The molecule has 0 saturated carbocycles. The topological polar surface area (TPSA) is 38.3 Å². The number of amides is 1. The van der Waals surface area contributed by atoms with E-state index in [-0.39, 0.29) is 5.91 Å². The van der Waals surface area contributed by atoms with Gasteiger partial charge in [0.05, 0.1) is 13.2 Å². The highest BCUT2D eigenvalue weighted by molar-refractivity contribution is 5.94. The molecule has 0 aliphatic heterocycles. The van der Waals surface area contributed by atoms with Gasteiger partial charge in [0, 0.05) is 12.1 Å². The standard InChI is InChI=1S/C17H19NO2/c1-14-7-9-16(10-8-14)17(19)18-11-12-20-13-15-5-3-2-4-6-15/h2-10H,11-13H2,1H3,(H,18,19). The van der Waals surface area contributed by atoms with Gasteiger partial charge in [-0.3, -0.25) is 4.79 Å². The SMILES string of the molecule is Cc1ccc(C(=O)NCCOCc2ccccc2)cc1. The Kier molecular flexibility index (Phi) is 5.33. The van der Waals surface area contributed by atoms with Crippen LogP contribution in [0, 0.1) is 6.92 Å². The van der Waals surface area contributed by atoms with Gasteiger partial charge in [0.1, 0.15) is 0 Å². The van der Waals surface area contributed by atoms with Crippen molar-refractivity contribution in [2.45, 2.75) is 13.5 Å². The number of nitrogens with one attached hydrogen (secondary N) is 1. The molecule has 0 heterocycles. The smallest absolute Gasteiger partial charge is 0.251 e. The van der Waals surface area contributed by atoms with Crippen molar-refractivity contribution >= 4 is 5.91 Å². The molecule has 104 valence electrons. The molecule has 1 N–H and O–H groups in total. The summed E-state index contributed by atoms with van der Waals surface area (Å²) in [6.45, 7) is 3.59. The summed E-state index contributed by atoms with van der Waals surface area (Å²) in [6, 6.07) is 17.5. The van der Waals surface area contributed by atoms with Crippen molar-refractivity contribution in [3.05, 3.63) is 71.3 Å². The lowest BCUT2D eigenvalue weighted by atomic mass is 10.1. The van der Waals surface area contributed by atoms with Crippen molar-refractivity contribution in [1.82, 2.24) is 5.32 Å². The van der Waals surface area contributed by atoms with Gasteiger partial charge in [0.25, 0.3) is 5.91 Å². The van der Waals surface area contributed by atoms with E-state index in [9.17, 15) is 4.79 Å². The van der Waals surface area contributed by atoms with Crippen LogP contribution in [-0.2, 0) is 11.3 Å². The molecule has 20 heavy (non-hydrogen) atoms. The van der Waals surface area contributed by atoms with Gasteiger partial charge in [-0.15, -0.1) is 0 Å². The molecule has 2 rings (SSSR count). The second kappa shape index (κ2) is 7.46. The Bertz CT molecular complexity index is 535. The van der Waals surface area contributed by atoms with Gasteiger partial charge in [0.2, 0.25) is 0 Å². The number of carbonyl (C=O) groups is 1. The van der Waals surface area contributed by atoms with Crippen LogP contribution in [0.25, 0.3) is 0 Å². The summed E-state index contributed by atoms with van der Waals surface area (Å²) in [4.78, 5) is 11.8. The number of rotatable bonds is 6. The van der Waals surface area contributed by atoms with Crippen molar-refractivity contribution in [2.75, 3.05) is 13.2 Å². The molecule has 0 radical (unpaired) electrons. The fraction of sp³-hybridized carbons (Fsp3) is 0.235. The largest absolute Gasteiger partial charge is 0.375 e. The maximum atomic E-state index is 11.8. The monoisotopic (exact) mass is 269 g/mol. The van der Waals surface area contributed by atoms with Crippen LogP contribution in [0.15, 0.2) is 54.6 Å². The zero-order valence-electron chi connectivity index (χ0n) is 11.6. The average Bonchev–Trinajstić information content (AvgIpc) is 2.48. The van der Waals surface area contributed by atoms with Crippen LogP contribution in [0.2, 0.25) is 0 Å². The molecule has 0 spiro atoms. The van der Waals surface area contributed by atoms with Crippen molar-refractivity contribution in [3.63, 3.8) is 0 Å². The van der Waals surface area contributed by atoms with E-state index in [1.807, 2.05) is 61.5 Å². The Balaban J connectivity index is 1.66. The normalized spacial score (nSPS) is 10.2. The van der Waals surface area contributed by atoms with Crippen molar-refractivity contribution < 1.29 is 9.53 Å². The molecule has 0 aliphatic rings. The van der Waals surface area contributed by atoms with Crippen LogP contribution in [0.1, 0.15) is 21.5 Å². The fourth-order valence-electron chi connectivity index (χ4n) is 1.81. The summed E-state index contributed by atoms with van der Waals surface area (Å²) in [5.41, 5.74) is 2.96. The quantitative estimate of drug-likeness (QED) is 0.819. The molecule has 0 fully saturated rings. The predicted octanol–water partition coefficient (Wildman–Crippen LogP) is 2.94. The van der Waals surface area contributed by atoms with Crippen LogP contribution in [0.5, 0.6) is 0 Å². The Morgan fingerprint density at radius 1 is 1.05 bits per heavy atom. The number of hydrogen-bond donors (Lipinski definition) is 1. The highest BCUT2D eigenvalue weighted by atomic mass is 16.5. The first-order valence-corrected chi connectivity index (χ1v) is 6.72. The van der Waals surface area contributed by atoms with Gasteiger partial charge in [-0.25, -0.2) is 0 Å². The second-order valence-corrected chi connectivity index (χ2v) is 4.66. The first kappa shape index (κ1) is 14.3. The second-order valence-electron chi connectivity index (χ2n) is 4.66. The van der Waals surface area contributed by atoms with Gasteiger partial charge in [-0.1, -0.05) is 48.0 Å². The van der Waals surface area contributed by atoms with E-state index in [4.69, 9.17) is 4.74 Å². The van der Waals surface area contributed by atoms with Crippen LogP contribution >= 0.6 is 0 Å². The first-order valence-electron chi connectivity index (χ1n) is 6.72. The number of ether oxygens (including phenoxy) is 1. The lowest BCUT2D eigenvalue weighted by molar-refractivity contribution is 0.0901. The van der Waals surface area contributed by atoms with E-state index >= 15 is 0 Å². The number of carbonyl (C=O) groups excluding carboxylic acids is 1. The minimum atomic E-state index is -0.0617. The maximum Gasteiger partial charge on any atom is 0.251 e. The van der Waals surface area contributed by atoms with Gasteiger partial charge >= 0.3 is 0 Å². The van der Waals surface area contributed by atoms with E-state index in [2.05, 4.69) is 5.32 Å². The van der Waals surface area contributed by atoms with Crippen LogP contribution < -0.4 is 5.32 Å². The molecular formula is C17H19NO2. The summed E-state index contributed by atoms with van der Waals surface area (Å²) < 4.78 is 5.51. The van der Waals surface area contributed by atoms with Gasteiger partial charge < -0.3 is 10.1 Å². The molecule has 2 aromatic carbocycles. The third-order valence-electron chi connectivity index (χ3n) is 2.96. The molecule has 2 aromatic rings. The maximum absolute atomic E-state index is 11.8. The zero-order chi connectivity index (χ0) is 14.2. The molecule has 3 heteroatoms. The van der Waals surface area contributed by atoms with Crippen LogP contribution in [0.3, 0.4) is 0 Å². The van der Waals surface area contributed by atoms with E-state index in [1.165, 1.54) is 0 Å². The summed E-state index contributed by atoms with van der Waals surface area (Å²) in [7, 11) is 0. The molecule has 0 atom stereocenters. The molecule has 3 nitrogen and oxygen atoms in total. The molecule has 0 saturated heterocycles. The highest BCUT2D eigenvalue weighted by Gasteiger charge is 2.03. The van der Waals surface area contributed by atoms with Crippen molar-refractivity contribution in [3.8, 4) is 0 Å². The van der Waals surface area contributed by atoms with Crippen LogP contribution in [-0.4, -0.2) is 19.1 Å². The number of benzene rings is 2. The van der Waals surface area contributed by atoms with E-state index in [0.717, 1.165) is 11.1 Å². The summed E-state index contributed by atoms with van der Waals surface area (Å²) in [6.07, 6.45) is 0. The van der Waals surface area contributed by atoms with E-state index < -0.39 is 0 Å². The summed E-state index contributed by atoms with van der Waals surface area (Å²) >= 11 is 0. The number of hydrogen-bond acceptors (Lipinski definition) is 2. The minimum Gasteiger partial charge on any atom is -0.375 e. The highest BCUT2D eigenvalue weighted by Crippen LogP contribution is 2.03. The Hall–Kier alpha value is -2.13. The molecular weight excluding hydrogens is 250 g/mol. The number of aryl methyl sites for hydroxylation is 1. The third kappa shape index (κ3) is 4.52. The average molecular weight is 269 g/mol. The molecule has 0 aliphatic carbocycles. The van der Waals surface area contributed by atoms with Gasteiger partial charge in [-0.05, 0) is 24.6 Å². The molecule has 0 aromatic heterocycles. The van der Waals surface area contributed by atoms with Crippen LogP contribution in [0.4, 0.5) is 0 Å². The Labute approximate surface area is 119 Å². The lowest BCUT2D eigenvalue weighted by Gasteiger charge is -2.07. The molecule has 0 unspecified atom stereocenters. The Morgan fingerprint density at radius 3 is 2.45 bits per heavy atom. The fourth-order valence-corrected chi connectivity index (χ4v) is 1.81. The van der Waals surface area contributed by atoms with E-state index in [0.29, 0.717) is 25.3 Å². The van der Waals surface area contributed by atoms with Crippen molar-refractivity contribution in [2.24, 2.45) is 0 Å². The van der Waals surface area contributed by atoms with Crippen molar-refractivity contribution in [1.29, 1.82) is 0 Å². The minimum absolute atomic E-state index is 0.0617. The molecule has 1 amide bonds.